The number of benzene rings is 12. The fourth-order valence-corrected chi connectivity index (χ4v) is 17.7. The molecular formula is C117H81N9O12S4. The monoisotopic (exact) mass is 1930 g/mol. The molecule has 20 rings (SSSR count). The van der Waals surface area contributed by atoms with E-state index in [9.17, 15) is 54.8 Å². The Morgan fingerprint density at radius 3 is 0.958 bits per heavy atom. The smallest absolute Gasteiger partial charge is 0.311 e. The molecule has 8 heterocycles. The first-order valence-electron chi connectivity index (χ1n) is 44.1. The van der Waals surface area contributed by atoms with Crippen molar-refractivity contribution in [3.05, 3.63) is 480 Å². The highest BCUT2D eigenvalue weighted by molar-refractivity contribution is 7.11. The molecule has 20 aromatic rings. The zero-order valence-corrected chi connectivity index (χ0v) is 79.7. The normalized spacial score (nSPS) is 11.0. The summed E-state index contributed by atoms with van der Waals surface area (Å²) < 4.78 is 11.6. The lowest BCUT2D eigenvalue weighted by Gasteiger charge is -2.14. The number of phenols is 5. The van der Waals surface area contributed by atoms with Crippen LogP contribution in [0.25, 0.3) is 115 Å². The maximum atomic E-state index is 13.6. The molecule has 25 heteroatoms. The van der Waals surface area contributed by atoms with Gasteiger partial charge in [0.25, 0.3) is 22.2 Å². The maximum Gasteiger partial charge on any atom is 0.311 e. The average molecular weight is 1930 g/mol. The molecule has 0 bridgehead atoms. The van der Waals surface area contributed by atoms with Gasteiger partial charge in [-0.1, -0.05) is 151 Å². The van der Waals surface area contributed by atoms with E-state index >= 15 is 0 Å². The van der Waals surface area contributed by atoms with Crippen LogP contribution in [0.3, 0.4) is 0 Å². The molecule has 0 radical (unpaired) electrons. The van der Waals surface area contributed by atoms with Crippen LogP contribution < -0.4 is 27.0 Å². The summed E-state index contributed by atoms with van der Waals surface area (Å²) in [6.45, 7) is 7.77. The number of hydrogen-bond donors (Lipinski definition) is 5. The minimum atomic E-state index is -0.650. The first-order valence-corrected chi connectivity index (χ1v) is 47.6. The Morgan fingerprint density at radius 1 is 0.310 bits per heavy atom. The third kappa shape index (κ3) is 22.4. The van der Waals surface area contributed by atoms with Crippen molar-refractivity contribution in [3.63, 3.8) is 0 Å². The lowest BCUT2D eigenvalue weighted by Crippen LogP contribution is -2.23. The Labute approximate surface area is 829 Å². The zero-order valence-electron chi connectivity index (χ0n) is 76.5. The molecule has 0 spiro atoms. The van der Waals surface area contributed by atoms with Crippen LogP contribution >= 0.6 is 45.3 Å². The number of fused-ring (bicyclic) bond motifs is 4. The van der Waals surface area contributed by atoms with Crippen molar-refractivity contribution in [2.75, 3.05) is 7.11 Å². The molecule has 0 aliphatic rings. The summed E-state index contributed by atoms with van der Waals surface area (Å²) in [6.07, 6.45) is 13.7. The standard InChI is InChI=1S/C30H22N2O2S.C29H19N3O4S.2C29H20N2O3S/c1-21-20-23(11-16-25-6-5-19-35-25)12-17-28(21)32-29(18-13-22-9-14-24(34-2)15-10-22)31-27-8-4-3-7-26(27)30(32)33;1-19-17-20(8-12-22-5-4-16-37-22)9-13-25(19)31-28(30-24-7-3-2-6-23(24)29(31)34)15-11-21-10-14-27(33)26(18-21)32(35)36;1-19-17-20(8-13-23-5-4-16-35-23)9-14-26(19)31-28(15-11-21-10-12-22(32)18-27(21)33)30-25-7-3-2-6-24(25)29(31)34;1-19-17-20(8-12-23-5-4-16-35-23)9-13-26(19)31-28(15-10-21-18-22(32)11-14-27(21)33)30-25-7-3-2-6-24(25)29(31)34/h3-10,12-15,17-20H,1-2H3;2-7,9-11,13-18,33H,1H3;2-7,9-12,14-18,32-33H,1H3;2-7,9-11,13-18,32-33H,1H3/b18-13+;2*15-11+;15-10+. The van der Waals surface area contributed by atoms with Gasteiger partial charge in [0, 0.05) is 45.5 Å². The van der Waals surface area contributed by atoms with Gasteiger partial charge in [-0.05, 0) is 313 Å². The third-order valence-electron chi connectivity index (χ3n) is 22.4. The number of nitrogens with zero attached hydrogens (tertiary/aromatic N) is 9. The van der Waals surface area contributed by atoms with Crippen molar-refractivity contribution in [2.24, 2.45) is 0 Å². The Morgan fingerprint density at radius 2 is 0.627 bits per heavy atom. The molecule has 0 aliphatic heterocycles. The van der Waals surface area contributed by atoms with E-state index in [0.29, 0.717) is 101 Å². The fourth-order valence-electron chi connectivity index (χ4n) is 15.4. The number of methoxy groups -OCH3 is 1. The van der Waals surface area contributed by atoms with Gasteiger partial charge in [-0.15, -0.1) is 45.3 Å². The highest BCUT2D eigenvalue weighted by Crippen LogP contribution is 2.33. The third-order valence-corrected chi connectivity index (χ3v) is 25.5. The second kappa shape index (κ2) is 43.6. The van der Waals surface area contributed by atoms with Crippen LogP contribution in [0, 0.1) is 85.2 Å². The number of thiophene rings is 4. The molecule has 690 valence electrons. The summed E-state index contributed by atoms with van der Waals surface area (Å²) in [7, 11) is 1.64. The second-order valence-electron chi connectivity index (χ2n) is 32.0. The highest BCUT2D eigenvalue weighted by Gasteiger charge is 2.21. The molecule has 0 saturated heterocycles. The Kier molecular flexibility index (Phi) is 29.2. The maximum absolute atomic E-state index is 13.6. The van der Waals surface area contributed by atoms with E-state index in [0.717, 1.165) is 81.0 Å². The zero-order chi connectivity index (χ0) is 98.9. The predicted molar refractivity (Wildman–Crippen MR) is 573 cm³/mol. The number of rotatable bonds is 14. The van der Waals surface area contributed by atoms with E-state index < -0.39 is 16.4 Å². The molecule has 5 N–H and O–H groups in total. The van der Waals surface area contributed by atoms with Gasteiger partial charge in [0.2, 0.25) is 0 Å². The first-order chi connectivity index (χ1) is 69.0. The summed E-state index contributed by atoms with van der Waals surface area (Å²) in [5.74, 6) is 27.4. The SMILES string of the molecule is COc1ccc(/C=C/c2nc3ccccc3c(=O)n2-c2ccc(C#Cc3cccs3)cc2C)cc1.Cc1cc(C#Cc2cccs2)ccc1-n1c(/C=C/c2cc(O)ccc2O)nc2ccccc2c1=O.Cc1cc(C#Cc2cccs2)ccc1-n1c(/C=C/c2ccc(O)c([N+](=O)[O-])c2)nc2ccccc2c1=O.Cc1cc(C#Cc2cccs2)ccc1-n1c(/C=C/c2ccc(O)cc2O)nc2ccccc2c1=O. The van der Waals surface area contributed by atoms with Crippen LogP contribution in [0.1, 0.15) is 110 Å². The molecule has 0 fully saturated rings. The van der Waals surface area contributed by atoms with Crippen molar-refractivity contribution in [1.29, 1.82) is 0 Å². The van der Waals surface area contributed by atoms with Crippen LogP contribution in [0.2, 0.25) is 0 Å². The number of aromatic hydroxyl groups is 5. The summed E-state index contributed by atoms with van der Waals surface area (Å²) in [6, 6.07) is 88.1. The van der Waals surface area contributed by atoms with Gasteiger partial charge in [0.05, 0.1) is 97.9 Å². The summed E-state index contributed by atoms with van der Waals surface area (Å²) in [5.41, 5.74) is 13.4. The first kappa shape index (κ1) is 95.1. The lowest BCUT2D eigenvalue weighted by atomic mass is 10.1. The largest absolute Gasteiger partial charge is 0.508 e. The molecule has 0 aliphatic carbocycles. The van der Waals surface area contributed by atoms with E-state index in [-0.39, 0.29) is 45.2 Å². The molecule has 0 saturated carbocycles. The lowest BCUT2D eigenvalue weighted by molar-refractivity contribution is -0.385. The summed E-state index contributed by atoms with van der Waals surface area (Å²) in [4.78, 5) is 87.9. The predicted octanol–water partition coefficient (Wildman–Crippen LogP) is 23.7. The van der Waals surface area contributed by atoms with Gasteiger partial charge in [0.15, 0.2) is 5.75 Å². The van der Waals surface area contributed by atoms with E-state index in [1.54, 1.807) is 157 Å². The minimum absolute atomic E-state index is 0.0126. The van der Waals surface area contributed by atoms with Crippen LogP contribution in [0.5, 0.6) is 34.5 Å². The van der Waals surface area contributed by atoms with Crippen LogP contribution in [-0.4, -0.2) is 75.8 Å². The Balaban J connectivity index is 0.000000130. The number of para-hydroxylation sites is 4. The molecule has 12 aromatic carbocycles. The Bertz CT molecular complexity index is 8940. The highest BCUT2D eigenvalue weighted by atomic mass is 32.1. The van der Waals surface area contributed by atoms with Gasteiger partial charge in [0.1, 0.15) is 52.0 Å². The number of phenolic OH excluding ortho intramolecular Hbond substituents is 5. The van der Waals surface area contributed by atoms with E-state index in [4.69, 9.17) is 24.7 Å². The Hall–Kier alpha value is -18.6. The van der Waals surface area contributed by atoms with Crippen molar-refractivity contribution in [1.82, 2.24) is 38.2 Å². The van der Waals surface area contributed by atoms with Gasteiger partial charge in [-0.3, -0.25) is 47.6 Å². The number of aromatic nitrogens is 8. The van der Waals surface area contributed by atoms with Crippen molar-refractivity contribution >= 4 is 143 Å². The molecule has 0 amide bonds. The van der Waals surface area contributed by atoms with Crippen LogP contribution in [0.4, 0.5) is 5.69 Å². The fraction of sp³-hybridized carbons (Fsp3) is 0.0427. The van der Waals surface area contributed by atoms with Crippen LogP contribution in [-0.2, 0) is 0 Å². The van der Waals surface area contributed by atoms with Gasteiger partial charge < -0.3 is 30.3 Å². The van der Waals surface area contributed by atoms with Crippen LogP contribution in [0.15, 0.2) is 338 Å². The molecule has 21 nitrogen and oxygen atoms in total. The van der Waals surface area contributed by atoms with Gasteiger partial charge in [-0.25, -0.2) is 19.9 Å². The van der Waals surface area contributed by atoms with Gasteiger partial charge in [-0.2, -0.15) is 0 Å². The van der Waals surface area contributed by atoms with Crippen molar-refractivity contribution in [3.8, 4) is 105 Å². The van der Waals surface area contributed by atoms with Gasteiger partial charge >= 0.3 is 5.69 Å². The van der Waals surface area contributed by atoms with E-state index in [1.807, 2.05) is 262 Å². The second-order valence-corrected chi connectivity index (χ2v) is 35.8. The summed E-state index contributed by atoms with van der Waals surface area (Å²) >= 11 is 6.37. The van der Waals surface area contributed by atoms with E-state index in [2.05, 4.69) is 47.4 Å². The molecule has 0 atom stereocenters. The number of ether oxygens (including phenoxy) is 1. The summed E-state index contributed by atoms with van der Waals surface area (Å²) in [5, 5.41) is 70.7. The molecular weight excluding hydrogens is 1850 g/mol. The van der Waals surface area contributed by atoms with E-state index in [1.165, 1.54) is 47.0 Å². The van der Waals surface area contributed by atoms with Crippen molar-refractivity contribution in [2.45, 2.75) is 27.7 Å². The number of nitro benzene ring substituents is 1. The number of nitro groups is 1. The number of hydrogen-bond acceptors (Lipinski definition) is 20. The molecule has 0 unspecified atom stereocenters. The quantitative estimate of drug-likeness (QED) is 0.0293. The van der Waals surface area contributed by atoms with Crippen molar-refractivity contribution < 1.29 is 35.2 Å². The molecule has 8 aromatic heterocycles. The minimum Gasteiger partial charge on any atom is -0.508 e. The number of aryl methyl sites for hydroxylation is 4. The topological polar surface area (TPSA) is 293 Å². The molecule has 142 heavy (non-hydrogen) atoms. The average Bonchev–Trinajstić information content (AvgIpc) is 1.22.